The third-order valence-corrected chi connectivity index (χ3v) is 3.47. The quantitative estimate of drug-likeness (QED) is 0.943. The summed E-state index contributed by atoms with van der Waals surface area (Å²) in [5, 5.41) is 9.02. The van der Waals surface area contributed by atoms with Crippen LogP contribution in [-0.2, 0) is 19.0 Å². The van der Waals surface area contributed by atoms with Gasteiger partial charge in [0.1, 0.15) is 5.82 Å². The Kier molecular flexibility index (Phi) is 4.81. The Hall–Kier alpha value is -1.95. The fourth-order valence-electron chi connectivity index (χ4n) is 2.36. The number of aliphatic hydroxyl groups is 1. The van der Waals surface area contributed by atoms with E-state index in [-0.39, 0.29) is 6.61 Å². The van der Waals surface area contributed by atoms with E-state index in [0.717, 1.165) is 34.6 Å². The predicted molar refractivity (Wildman–Crippen MR) is 76.5 cm³/mol. The zero-order valence-corrected chi connectivity index (χ0v) is 12.4. The predicted octanol–water partition coefficient (Wildman–Crippen LogP) is 3.24. The molecule has 6 heteroatoms. The van der Waals surface area contributed by atoms with Crippen LogP contribution in [0.5, 0.6) is 0 Å². The van der Waals surface area contributed by atoms with E-state index in [4.69, 9.17) is 5.11 Å². The molecule has 1 N–H and O–H groups in total. The number of hydrogen-bond acceptors (Lipinski definition) is 3. The van der Waals surface area contributed by atoms with Crippen molar-refractivity contribution in [3.8, 4) is 0 Å². The Morgan fingerprint density at radius 1 is 1.00 bits per heavy atom. The molecular formula is C16H17F3N2O. The van der Waals surface area contributed by atoms with Crippen molar-refractivity contribution in [3.63, 3.8) is 0 Å². The second-order valence-electron chi connectivity index (χ2n) is 5.13. The van der Waals surface area contributed by atoms with Crippen LogP contribution in [0.4, 0.5) is 13.2 Å². The molecule has 0 bridgehead atoms. The Labute approximate surface area is 126 Å². The number of nitrogens with zero attached hydrogens (tertiary/aromatic N) is 2. The van der Waals surface area contributed by atoms with E-state index in [0.29, 0.717) is 18.7 Å². The van der Waals surface area contributed by atoms with Crippen LogP contribution in [0.1, 0.15) is 33.9 Å². The van der Waals surface area contributed by atoms with Crippen LogP contribution in [0, 0.1) is 13.8 Å². The molecule has 0 radical (unpaired) electrons. The highest BCUT2D eigenvalue weighted by molar-refractivity contribution is 5.29. The van der Waals surface area contributed by atoms with Crippen molar-refractivity contribution in [1.82, 2.24) is 9.97 Å². The number of aliphatic hydroxyl groups excluding tert-OH is 1. The first kappa shape index (κ1) is 16.4. The van der Waals surface area contributed by atoms with E-state index in [1.54, 1.807) is 0 Å². The lowest BCUT2D eigenvalue weighted by atomic mass is 10.1. The van der Waals surface area contributed by atoms with E-state index >= 15 is 0 Å². The van der Waals surface area contributed by atoms with Gasteiger partial charge < -0.3 is 5.11 Å². The average molecular weight is 310 g/mol. The SMILES string of the molecule is Cc1nc(Cc2ccc(C(F)(F)F)cc2)nc(C)c1CCO. The normalized spacial score (nSPS) is 11.7. The van der Waals surface area contributed by atoms with Gasteiger partial charge in [-0.2, -0.15) is 13.2 Å². The molecule has 2 aromatic rings. The van der Waals surface area contributed by atoms with Gasteiger partial charge in [0.2, 0.25) is 0 Å². The van der Waals surface area contributed by atoms with Crippen LogP contribution in [-0.4, -0.2) is 21.7 Å². The van der Waals surface area contributed by atoms with Crippen LogP contribution in [0.25, 0.3) is 0 Å². The number of aryl methyl sites for hydroxylation is 2. The summed E-state index contributed by atoms with van der Waals surface area (Å²) in [4.78, 5) is 8.75. The van der Waals surface area contributed by atoms with Gasteiger partial charge in [0, 0.05) is 24.4 Å². The van der Waals surface area contributed by atoms with Crippen molar-refractivity contribution in [2.75, 3.05) is 6.61 Å². The Morgan fingerprint density at radius 2 is 1.55 bits per heavy atom. The smallest absolute Gasteiger partial charge is 0.396 e. The maximum atomic E-state index is 12.5. The van der Waals surface area contributed by atoms with E-state index in [9.17, 15) is 13.2 Å². The standard InChI is InChI=1S/C16H17F3N2O/c1-10-14(7-8-22)11(2)21-15(20-10)9-12-3-5-13(6-4-12)16(17,18)19/h3-6,22H,7-9H2,1-2H3. The number of benzene rings is 1. The van der Waals surface area contributed by atoms with Gasteiger partial charge in [0.25, 0.3) is 0 Å². The van der Waals surface area contributed by atoms with Gasteiger partial charge in [-0.25, -0.2) is 9.97 Å². The van der Waals surface area contributed by atoms with Crippen molar-refractivity contribution in [3.05, 3.63) is 58.2 Å². The van der Waals surface area contributed by atoms with E-state index in [2.05, 4.69) is 9.97 Å². The zero-order valence-electron chi connectivity index (χ0n) is 12.4. The van der Waals surface area contributed by atoms with Gasteiger partial charge >= 0.3 is 6.18 Å². The molecule has 118 valence electrons. The third-order valence-electron chi connectivity index (χ3n) is 3.47. The minimum absolute atomic E-state index is 0.0310. The molecule has 2 rings (SSSR count). The molecular weight excluding hydrogens is 293 g/mol. The summed E-state index contributed by atoms with van der Waals surface area (Å²) in [6.07, 6.45) is -3.45. The van der Waals surface area contributed by atoms with Crippen molar-refractivity contribution >= 4 is 0 Å². The van der Waals surface area contributed by atoms with E-state index < -0.39 is 11.7 Å². The third kappa shape index (κ3) is 3.82. The largest absolute Gasteiger partial charge is 0.416 e. The summed E-state index contributed by atoms with van der Waals surface area (Å²) < 4.78 is 37.6. The lowest BCUT2D eigenvalue weighted by Gasteiger charge is -2.10. The summed E-state index contributed by atoms with van der Waals surface area (Å²) in [5.41, 5.74) is 2.56. The summed E-state index contributed by atoms with van der Waals surface area (Å²) >= 11 is 0. The Bertz CT molecular complexity index is 628. The molecule has 0 atom stereocenters. The van der Waals surface area contributed by atoms with Crippen LogP contribution in [0.15, 0.2) is 24.3 Å². The molecule has 0 aliphatic carbocycles. The lowest BCUT2D eigenvalue weighted by molar-refractivity contribution is -0.137. The van der Waals surface area contributed by atoms with Crippen LogP contribution >= 0.6 is 0 Å². The van der Waals surface area contributed by atoms with E-state index in [1.165, 1.54) is 12.1 Å². The number of halogens is 3. The molecule has 1 heterocycles. The minimum Gasteiger partial charge on any atom is -0.396 e. The first-order valence-corrected chi connectivity index (χ1v) is 6.91. The average Bonchev–Trinajstić information content (AvgIpc) is 2.42. The van der Waals surface area contributed by atoms with Gasteiger partial charge in [-0.15, -0.1) is 0 Å². The Morgan fingerprint density at radius 3 is 2.00 bits per heavy atom. The maximum Gasteiger partial charge on any atom is 0.416 e. The number of hydrogen-bond donors (Lipinski definition) is 1. The maximum absolute atomic E-state index is 12.5. The molecule has 0 aliphatic heterocycles. The van der Waals surface area contributed by atoms with Crippen molar-refractivity contribution < 1.29 is 18.3 Å². The monoisotopic (exact) mass is 310 g/mol. The number of aromatic nitrogens is 2. The molecule has 0 fully saturated rings. The minimum atomic E-state index is -4.33. The van der Waals surface area contributed by atoms with Gasteiger partial charge in [0.15, 0.2) is 0 Å². The second-order valence-corrected chi connectivity index (χ2v) is 5.13. The second kappa shape index (κ2) is 6.44. The lowest BCUT2D eigenvalue weighted by Crippen LogP contribution is -2.08. The molecule has 0 aliphatic rings. The highest BCUT2D eigenvalue weighted by Crippen LogP contribution is 2.29. The fourth-order valence-corrected chi connectivity index (χ4v) is 2.36. The molecule has 3 nitrogen and oxygen atoms in total. The summed E-state index contributed by atoms with van der Waals surface area (Å²) in [7, 11) is 0. The van der Waals surface area contributed by atoms with Crippen LogP contribution < -0.4 is 0 Å². The van der Waals surface area contributed by atoms with Gasteiger partial charge in [-0.05, 0) is 43.5 Å². The number of rotatable bonds is 4. The first-order valence-electron chi connectivity index (χ1n) is 6.91. The molecule has 0 spiro atoms. The molecule has 22 heavy (non-hydrogen) atoms. The molecule has 0 amide bonds. The number of alkyl halides is 3. The van der Waals surface area contributed by atoms with Gasteiger partial charge in [-0.3, -0.25) is 0 Å². The molecule has 0 saturated carbocycles. The van der Waals surface area contributed by atoms with Crippen molar-refractivity contribution in [2.24, 2.45) is 0 Å². The molecule has 1 aromatic carbocycles. The highest BCUT2D eigenvalue weighted by Gasteiger charge is 2.29. The molecule has 0 unspecified atom stereocenters. The zero-order chi connectivity index (χ0) is 16.3. The topological polar surface area (TPSA) is 46.0 Å². The van der Waals surface area contributed by atoms with Gasteiger partial charge in [-0.1, -0.05) is 12.1 Å². The van der Waals surface area contributed by atoms with Gasteiger partial charge in [0.05, 0.1) is 5.56 Å². The summed E-state index contributed by atoms with van der Waals surface area (Å²) in [5.74, 6) is 0.566. The molecule has 0 saturated heterocycles. The first-order chi connectivity index (χ1) is 10.3. The van der Waals surface area contributed by atoms with Crippen molar-refractivity contribution in [1.29, 1.82) is 0 Å². The highest BCUT2D eigenvalue weighted by atomic mass is 19.4. The van der Waals surface area contributed by atoms with Crippen LogP contribution in [0.2, 0.25) is 0 Å². The summed E-state index contributed by atoms with van der Waals surface area (Å²) in [6.45, 7) is 3.72. The summed E-state index contributed by atoms with van der Waals surface area (Å²) in [6, 6.07) is 5.02. The van der Waals surface area contributed by atoms with Crippen molar-refractivity contribution in [2.45, 2.75) is 32.9 Å². The fraction of sp³-hybridized carbons (Fsp3) is 0.375. The van der Waals surface area contributed by atoms with Crippen LogP contribution in [0.3, 0.4) is 0 Å². The van der Waals surface area contributed by atoms with E-state index in [1.807, 2.05) is 13.8 Å². The molecule has 1 aromatic heterocycles. The Balaban J connectivity index is 2.21.